The fourth-order valence-corrected chi connectivity index (χ4v) is 2.29. The Bertz CT molecular complexity index is 599. The van der Waals surface area contributed by atoms with Gasteiger partial charge in [0.25, 0.3) is 5.89 Å². The Balaban J connectivity index is 1.75. The van der Waals surface area contributed by atoms with Crippen LogP contribution >= 0.6 is 15.9 Å². The van der Waals surface area contributed by atoms with E-state index in [2.05, 4.69) is 26.1 Å². The molecule has 0 saturated heterocycles. The number of hydrogen-bond donors (Lipinski definition) is 1. The van der Waals surface area contributed by atoms with Gasteiger partial charge in [0.05, 0.1) is 5.54 Å². The maximum absolute atomic E-state index is 6.15. The maximum atomic E-state index is 6.15. The van der Waals surface area contributed by atoms with E-state index in [1.165, 1.54) is 0 Å². The lowest BCUT2D eigenvalue weighted by Crippen LogP contribution is -2.44. The molecular weight excluding hydrogens is 306 g/mol. The van der Waals surface area contributed by atoms with Crippen molar-refractivity contribution in [3.05, 3.63) is 46.0 Å². The Morgan fingerprint density at radius 1 is 1.21 bits per heavy atom. The fraction of sp³-hybridized carbons (Fsp3) is 0.286. The Morgan fingerprint density at radius 3 is 2.58 bits per heavy atom. The molecule has 0 spiro atoms. The molecular formula is C14H14BrN3O. The molecule has 2 N–H and O–H groups in total. The second kappa shape index (κ2) is 4.90. The zero-order valence-corrected chi connectivity index (χ0v) is 11.9. The standard InChI is InChI=1S/C14H14BrN3O/c15-11-5-2-10(3-6-11)4-7-12-17-13(18-19-12)14(16)8-1-9-14/h2-7H,1,8-9,16H2/b7-4+. The predicted octanol–water partition coefficient (Wildman–Crippen LogP) is 3.34. The zero-order valence-electron chi connectivity index (χ0n) is 10.3. The molecule has 1 aromatic carbocycles. The Hall–Kier alpha value is -1.46. The van der Waals surface area contributed by atoms with Crippen molar-refractivity contribution in [2.75, 3.05) is 0 Å². The second-order valence-corrected chi connectivity index (χ2v) is 5.77. The van der Waals surface area contributed by atoms with Gasteiger partial charge in [0.1, 0.15) is 0 Å². The molecule has 5 heteroatoms. The van der Waals surface area contributed by atoms with Crippen molar-refractivity contribution in [2.45, 2.75) is 24.8 Å². The third-order valence-electron chi connectivity index (χ3n) is 3.42. The molecule has 1 heterocycles. The molecule has 0 amide bonds. The van der Waals surface area contributed by atoms with Gasteiger partial charge in [0, 0.05) is 10.5 Å². The monoisotopic (exact) mass is 319 g/mol. The molecule has 0 radical (unpaired) electrons. The van der Waals surface area contributed by atoms with Gasteiger partial charge in [-0.15, -0.1) is 0 Å². The molecule has 0 aliphatic heterocycles. The van der Waals surface area contributed by atoms with Crippen molar-refractivity contribution < 1.29 is 4.52 Å². The molecule has 0 unspecified atom stereocenters. The third-order valence-corrected chi connectivity index (χ3v) is 3.95. The van der Waals surface area contributed by atoms with Crippen LogP contribution in [0, 0.1) is 0 Å². The SMILES string of the molecule is NC1(c2noc(/C=C/c3ccc(Br)cc3)n2)CCC1. The first kappa shape index (κ1) is 12.6. The number of hydrogen-bond acceptors (Lipinski definition) is 4. The van der Waals surface area contributed by atoms with Gasteiger partial charge in [-0.25, -0.2) is 0 Å². The van der Waals surface area contributed by atoms with Crippen LogP contribution in [0.5, 0.6) is 0 Å². The highest BCUT2D eigenvalue weighted by Crippen LogP contribution is 2.36. The average Bonchev–Trinajstić information content (AvgIpc) is 2.84. The van der Waals surface area contributed by atoms with Gasteiger partial charge in [-0.2, -0.15) is 4.98 Å². The molecule has 1 fully saturated rings. The Morgan fingerprint density at radius 2 is 1.95 bits per heavy atom. The lowest BCUT2D eigenvalue weighted by atomic mass is 9.77. The van der Waals surface area contributed by atoms with Crippen LogP contribution in [0.2, 0.25) is 0 Å². The summed E-state index contributed by atoms with van der Waals surface area (Å²) in [6.45, 7) is 0. The molecule has 98 valence electrons. The van der Waals surface area contributed by atoms with Gasteiger partial charge in [0.15, 0.2) is 5.82 Å². The van der Waals surface area contributed by atoms with E-state index in [0.29, 0.717) is 11.7 Å². The summed E-state index contributed by atoms with van der Waals surface area (Å²) in [5.41, 5.74) is 6.86. The van der Waals surface area contributed by atoms with E-state index in [4.69, 9.17) is 10.3 Å². The largest absolute Gasteiger partial charge is 0.335 e. The predicted molar refractivity (Wildman–Crippen MR) is 77.1 cm³/mol. The lowest BCUT2D eigenvalue weighted by molar-refractivity contribution is 0.229. The maximum Gasteiger partial charge on any atom is 0.250 e. The first-order chi connectivity index (χ1) is 9.16. The molecule has 1 aromatic heterocycles. The van der Waals surface area contributed by atoms with E-state index in [1.54, 1.807) is 0 Å². The van der Waals surface area contributed by atoms with Gasteiger partial charge in [-0.1, -0.05) is 33.2 Å². The number of rotatable bonds is 3. The molecule has 4 nitrogen and oxygen atoms in total. The summed E-state index contributed by atoms with van der Waals surface area (Å²) in [7, 11) is 0. The first-order valence-corrected chi connectivity index (χ1v) is 7.02. The zero-order chi connectivity index (χ0) is 13.3. The van der Waals surface area contributed by atoms with Crippen LogP contribution in [0.1, 0.15) is 36.5 Å². The van der Waals surface area contributed by atoms with Crippen molar-refractivity contribution in [1.29, 1.82) is 0 Å². The molecule has 1 aliphatic rings. The van der Waals surface area contributed by atoms with Crippen molar-refractivity contribution in [1.82, 2.24) is 10.1 Å². The minimum atomic E-state index is -0.368. The number of aromatic nitrogens is 2. The van der Waals surface area contributed by atoms with Crippen LogP contribution in [0.3, 0.4) is 0 Å². The number of benzene rings is 1. The first-order valence-electron chi connectivity index (χ1n) is 6.22. The minimum Gasteiger partial charge on any atom is -0.335 e. The lowest BCUT2D eigenvalue weighted by Gasteiger charge is -2.34. The highest BCUT2D eigenvalue weighted by atomic mass is 79.9. The quantitative estimate of drug-likeness (QED) is 0.942. The summed E-state index contributed by atoms with van der Waals surface area (Å²) in [5.74, 6) is 1.11. The summed E-state index contributed by atoms with van der Waals surface area (Å²) in [5, 5.41) is 3.97. The van der Waals surface area contributed by atoms with Crippen molar-refractivity contribution >= 4 is 28.1 Å². The van der Waals surface area contributed by atoms with Crippen LogP contribution < -0.4 is 5.73 Å². The van der Waals surface area contributed by atoms with Crippen molar-refractivity contribution in [2.24, 2.45) is 5.73 Å². The number of nitrogens with zero attached hydrogens (tertiary/aromatic N) is 2. The molecule has 1 saturated carbocycles. The second-order valence-electron chi connectivity index (χ2n) is 4.85. The Kier molecular flexibility index (Phi) is 3.24. The normalized spacial score (nSPS) is 17.6. The third kappa shape index (κ3) is 2.62. The number of nitrogens with two attached hydrogens (primary N) is 1. The van der Waals surface area contributed by atoms with Gasteiger partial charge >= 0.3 is 0 Å². The molecule has 1 aliphatic carbocycles. The molecule has 0 bridgehead atoms. The fourth-order valence-electron chi connectivity index (χ4n) is 2.03. The van der Waals surface area contributed by atoms with E-state index in [9.17, 15) is 0 Å². The molecule has 0 atom stereocenters. The summed E-state index contributed by atoms with van der Waals surface area (Å²) < 4.78 is 6.25. The molecule has 2 aromatic rings. The van der Waals surface area contributed by atoms with E-state index < -0.39 is 0 Å². The van der Waals surface area contributed by atoms with E-state index in [0.717, 1.165) is 29.3 Å². The molecule has 19 heavy (non-hydrogen) atoms. The van der Waals surface area contributed by atoms with Crippen molar-refractivity contribution in [3.8, 4) is 0 Å². The topological polar surface area (TPSA) is 64.9 Å². The van der Waals surface area contributed by atoms with Crippen LogP contribution in [0.15, 0.2) is 33.3 Å². The summed E-state index contributed by atoms with van der Waals surface area (Å²) in [4.78, 5) is 4.34. The van der Waals surface area contributed by atoms with Crippen LogP contribution in [-0.2, 0) is 5.54 Å². The van der Waals surface area contributed by atoms with E-state index in [-0.39, 0.29) is 5.54 Å². The average molecular weight is 320 g/mol. The van der Waals surface area contributed by atoms with Gasteiger partial charge in [-0.3, -0.25) is 0 Å². The highest BCUT2D eigenvalue weighted by Gasteiger charge is 2.38. The summed E-state index contributed by atoms with van der Waals surface area (Å²) in [6, 6.07) is 7.99. The summed E-state index contributed by atoms with van der Waals surface area (Å²) >= 11 is 3.40. The Labute approximate surface area is 119 Å². The van der Waals surface area contributed by atoms with E-state index in [1.807, 2.05) is 36.4 Å². The van der Waals surface area contributed by atoms with Crippen LogP contribution in [0.4, 0.5) is 0 Å². The van der Waals surface area contributed by atoms with Gasteiger partial charge < -0.3 is 10.3 Å². The highest BCUT2D eigenvalue weighted by molar-refractivity contribution is 9.10. The number of halogens is 1. The van der Waals surface area contributed by atoms with Crippen LogP contribution in [-0.4, -0.2) is 10.1 Å². The van der Waals surface area contributed by atoms with E-state index >= 15 is 0 Å². The molecule has 3 rings (SSSR count). The van der Waals surface area contributed by atoms with Crippen molar-refractivity contribution in [3.63, 3.8) is 0 Å². The van der Waals surface area contributed by atoms with Gasteiger partial charge in [0.2, 0.25) is 0 Å². The summed E-state index contributed by atoms with van der Waals surface area (Å²) in [6.07, 6.45) is 6.75. The van der Waals surface area contributed by atoms with Crippen LogP contribution in [0.25, 0.3) is 12.2 Å². The van der Waals surface area contributed by atoms with Gasteiger partial charge in [-0.05, 0) is 43.0 Å². The minimum absolute atomic E-state index is 0.368. The smallest absolute Gasteiger partial charge is 0.250 e.